The molecule has 154 valence electrons. The second kappa shape index (κ2) is 9.18. The van der Waals surface area contributed by atoms with Gasteiger partial charge in [0.25, 0.3) is 11.6 Å². The molecular weight excluding hydrogens is 458 g/mol. The molecule has 11 heteroatoms. The molecule has 0 saturated heterocycles. The van der Waals surface area contributed by atoms with E-state index < -0.39 is 10.8 Å². The third kappa shape index (κ3) is 4.81. The summed E-state index contributed by atoms with van der Waals surface area (Å²) < 4.78 is 7.00. The zero-order valence-electron chi connectivity index (χ0n) is 15.7. The van der Waals surface area contributed by atoms with Crippen LogP contribution in [0, 0.1) is 10.1 Å². The Bertz CT molecular complexity index is 1110. The molecule has 0 bridgehead atoms. The summed E-state index contributed by atoms with van der Waals surface area (Å²) in [5.41, 5.74) is 3.62. The van der Waals surface area contributed by atoms with Crippen LogP contribution in [0.25, 0.3) is 0 Å². The number of aromatic nitrogens is 2. The second-order valence-electron chi connectivity index (χ2n) is 6.04. The van der Waals surface area contributed by atoms with E-state index in [-0.39, 0.29) is 22.9 Å². The summed E-state index contributed by atoms with van der Waals surface area (Å²) in [7, 11) is 1.43. The molecule has 0 saturated carbocycles. The van der Waals surface area contributed by atoms with Gasteiger partial charge in [0.2, 0.25) is 0 Å². The Morgan fingerprint density at radius 3 is 2.77 bits per heavy atom. The van der Waals surface area contributed by atoms with Crippen LogP contribution in [0.3, 0.4) is 0 Å². The molecule has 0 aliphatic carbocycles. The van der Waals surface area contributed by atoms with E-state index in [1.54, 1.807) is 36.5 Å². The zero-order chi connectivity index (χ0) is 21.7. The van der Waals surface area contributed by atoms with Crippen molar-refractivity contribution in [1.82, 2.24) is 15.2 Å². The first kappa shape index (κ1) is 21.0. The molecule has 0 fully saturated rings. The van der Waals surface area contributed by atoms with Crippen LogP contribution in [0.1, 0.15) is 21.6 Å². The van der Waals surface area contributed by atoms with Gasteiger partial charge in [-0.25, -0.2) is 5.43 Å². The van der Waals surface area contributed by atoms with Crippen LogP contribution in [-0.4, -0.2) is 39.0 Å². The van der Waals surface area contributed by atoms with Crippen molar-refractivity contribution in [3.8, 4) is 11.5 Å². The van der Waals surface area contributed by atoms with Crippen molar-refractivity contribution in [2.75, 3.05) is 7.11 Å². The lowest BCUT2D eigenvalue weighted by molar-refractivity contribution is -0.384. The highest BCUT2D eigenvalue weighted by Crippen LogP contribution is 2.28. The van der Waals surface area contributed by atoms with Gasteiger partial charge in [0.05, 0.1) is 29.3 Å². The van der Waals surface area contributed by atoms with Crippen molar-refractivity contribution in [2.45, 2.75) is 6.54 Å². The SMILES string of the molecule is COc1cccc(C=NNC(=O)c2nn(Cc3ccc([N+](=O)[O-])cc3)cc2Br)c1O. The highest BCUT2D eigenvalue weighted by Gasteiger charge is 2.15. The van der Waals surface area contributed by atoms with Gasteiger partial charge in [-0.15, -0.1) is 0 Å². The van der Waals surface area contributed by atoms with E-state index in [1.807, 2.05) is 0 Å². The Kier molecular flexibility index (Phi) is 6.42. The molecule has 1 heterocycles. The second-order valence-corrected chi connectivity index (χ2v) is 6.90. The van der Waals surface area contributed by atoms with E-state index >= 15 is 0 Å². The number of non-ortho nitro benzene ring substituents is 1. The minimum absolute atomic E-state index is 0.000368. The minimum atomic E-state index is -0.553. The maximum atomic E-state index is 12.4. The summed E-state index contributed by atoms with van der Waals surface area (Å²) in [6.07, 6.45) is 2.91. The number of hydrazone groups is 1. The number of nitro benzene ring substituents is 1. The molecule has 0 unspecified atom stereocenters. The number of nitrogens with one attached hydrogen (secondary N) is 1. The quantitative estimate of drug-likeness (QED) is 0.307. The standard InChI is InChI=1S/C19H16BrN5O5/c1-30-16-4-2-3-13(18(16)26)9-21-22-19(27)17-15(20)11-24(23-17)10-12-5-7-14(8-6-12)25(28)29/h2-9,11,26H,10H2,1H3,(H,22,27). The molecule has 3 rings (SSSR count). The largest absolute Gasteiger partial charge is 0.504 e. The Morgan fingerprint density at radius 2 is 2.10 bits per heavy atom. The number of hydrogen-bond acceptors (Lipinski definition) is 7. The summed E-state index contributed by atoms with van der Waals surface area (Å²) in [6, 6.07) is 11.0. The Hall–Kier alpha value is -3.73. The Morgan fingerprint density at radius 1 is 1.37 bits per heavy atom. The summed E-state index contributed by atoms with van der Waals surface area (Å²) >= 11 is 3.29. The number of rotatable bonds is 7. The average molecular weight is 474 g/mol. The number of phenolic OH excluding ortho intramolecular Hbond substituents is 1. The Balaban J connectivity index is 1.67. The van der Waals surface area contributed by atoms with E-state index in [0.717, 1.165) is 5.56 Å². The van der Waals surface area contributed by atoms with Crippen LogP contribution in [-0.2, 0) is 6.54 Å². The lowest BCUT2D eigenvalue weighted by atomic mass is 10.2. The molecule has 0 radical (unpaired) electrons. The van der Waals surface area contributed by atoms with Crippen molar-refractivity contribution >= 4 is 33.7 Å². The van der Waals surface area contributed by atoms with Crippen molar-refractivity contribution in [2.24, 2.45) is 5.10 Å². The number of carbonyl (C=O) groups excluding carboxylic acids is 1. The van der Waals surface area contributed by atoms with E-state index in [0.29, 0.717) is 16.6 Å². The smallest absolute Gasteiger partial charge is 0.293 e. The maximum Gasteiger partial charge on any atom is 0.293 e. The molecule has 3 aromatic rings. The third-order valence-electron chi connectivity index (χ3n) is 4.04. The van der Waals surface area contributed by atoms with E-state index in [2.05, 4.69) is 31.6 Å². The monoisotopic (exact) mass is 473 g/mol. The molecule has 0 atom stereocenters. The lowest BCUT2D eigenvalue weighted by Gasteiger charge is -2.04. The molecule has 0 aliphatic heterocycles. The van der Waals surface area contributed by atoms with Gasteiger partial charge >= 0.3 is 0 Å². The molecule has 2 aromatic carbocycles. The molecular formula is C19H16BrN5O5. The normalized spacial score (nSPS) is 10.9. The molecule has 10 nitrogen and oxygen atoms in total. The topological polar surface area (TPSA) is 132 Å². The number of ether oxygens (including phenoxy) is 1. The van der Waals surface area contributed by atoms with Crippen LogP contribution >= 0.6 is 15.9 Å². The average Bonchev–Trinajstić information content (AvgIpc) is 3.09. The molecule has 1 amide bonds. The lowest BCUT2D eigenvalue weighted by Crippen LogP contribution is -2.19. The first-order valence-electron chi connectivity index (χ1n) is 8.54. The van der Waals surface area contributed by atoms with Crippen LogP contribution in [0.2, 0.25) is 0 Å². The number of nitro groups is 1. The van der Waals surface area contributed by atoms with Gasteiger partial charge in [0, 0.05) is 23.9 Å². The number of halogens is 1. The van der Waals surface area contributed by atoms with Crippen molar-refractivity contribution in [3.63, 3.8) is 0 Å². The van der Waals surface area contributed by atoms with Gasteiger partial charge in [-0.1, -0.05) is 18.2 Å². The number of methoxy groups -OCH3 is 1. The van der Waals surface area contributed by atoms with E-state index in [9.17, 15) is 20.0 Å². The molecule has 0 aliphatic rings. The number of carbonyl (C=O) groups is 1. The first-order valence-corrected chi connectivity index (χ1v) is 9.34. The fourth-order valence-corrected chi connectivity index (χ4v) is 3.06. The number of hydrogen-bond donors (Lipinski definition) is 2. The van der Waals surface area contributed by atoms with Crippen LogP contribution in [0.5, 0.6) is 11.5 Å². The van der Waals surface area contributed by atoms with E-state index in [4.69, 9.17) is 4.74 Å². The predicted octanol–water partition coefficient (Wildman–Crippen LogP) is 3.08. The number of para-hydroxylation sites is 1. The summed E-state index contributed by atoms with van der Waals surface area (Å²) in [6.45, 7) is 0.324. The van der Waals surface area contributed by atoms with Crippen LogP contribution < -0.4 is 10.2 Å². The van der Waals surface area contributed by atoms with Gasteiger partial charge in [-0.3, -0.25) is 19.6 Å². The van der Waals surface area contributed by atoms with Gasteiger partial charge in [-0.2, -0.15) is 10.2 Å². The molecule has 2 N–H and O–H groups in total. The van der Waals surface area contributed by atoms with E-state index in [1.165, 1.54) is 30.1 Å². The maximum absolute atomic E-state index is 12.4. The summed E-state index contributed by atoms with van der Waals surface area (Å²) in [4.78, 5) is 22.6. The van der Waals surface area contributed by atoms with Crippen molar-refractivity contribution in [3.05, 3.63) is 80.1 Å². The van der Waals surface area contributed by atoms with Crippen molar-refractivity contribution < 1.29 is 19.6 Å². The van der Waals surface area contributed by atoms with Crippen LogP contribution in [0.15, 0.2) is 58.2 Å². The summed E-state index contributed by atoms with van der Waals surface area (Å²) in [5.74, 6) is -0.354. The van der Waals surface area contributed by atoms with Gasteiger partial charge in [-0.05, 0) is 33.6 Å². The van der Waals surface area contributed by atoms with Crippen molar-refractivity contribution in [1.29, 1.82) is 0 Å². The number of amides is 1. The number of phenols is 1. The highest BCUT2D eigenvalue weighted by molar-refractivity contribution is 9.10. The summed E-state index contributed by atoms with van der Waals surface area (Å²) in [5, 5.41) is 28.8. The Labute approximate surface area is 179 Å². The fourth-order valence-electron chi connectivity index (χ4n) is 2.56. The minimum Gasteiger partial charge on any atom is -0.504 e. The zero-order valence-corrected chi connectivity index (χ0v) is 17.2. The number of nitrogens with zero attached hydrogens (tertiary/aromatic N) is 4. The highest BCUT2D eigenvalue weighted by atomic mass is 79.9. The van der Waals surface area contributed by atoms with Gasteiger partial charge < -0.3 is 9.84 Å². The van der Waals surface area contributed by atoms with Gasteiger partial charge in [0.15, 0.2) is 17.2 Å². The fraction of sp³-hybridized carbons (Fsp3) is 0.105. The number of benzene rings is 2. The van der Waals surface area contributed by atoms with Crippen LogP contribution in [0.4, 0.5) is 5.69 Å². The van der Waals surface area contributed by atoms with Gasteiger partial charge in [0.1, 0.15) is 0 Å². The third-order valence-corrected chi connectivity index (χ3v) is 4.62. The number of aromatic hydroxyl groups is 1. The first-order chi connectivity index (χ1) is 14.4. The predicted molar refractivity (Wildman–Crippen MR) is 112 cm³/mol. The molecule has 0 spiro atoms. The molecule has 30 heavy (non-hydrogen) atoms. The molecule has 1 aromatic heterocycles.